The largest absolute Gasteiger partial charge is 0.480 e. The Hall–Kier alpha value is -0.540. The van der Waals surface area contributed by atoms with E-state index >= 15 is 0 Å². The molecule has 1 aliphatic carbocycles. The lowest BCUT2D eigenvalue weighted by atomic mass is 9.94. The monoisotopic (exact) mass is 229 g/mol. The summed E-state index contributed by atoms with van der Waals surface area (Å²) in [5.74, 6) is 0.183. The fourth-order valence-corrected chi connectivity index (χ4v) is 3.27. The van der Waals surface area contributed by atoms with E-state index in [9.17, 15) is 9.90 Å². The van der Waals surface area contributed by atoms with E-state index in [2.05, 4.69) is 6.58 Å². The minimum atomic E-state index is -0.706. The van der Waals surface area contributed by atoms with Crippen LogP contribution in [0.3, 0.4) is 0 Å². The predicted octanol–water partition coefficient (Wildman–Crippen LogP) is 1.92. The number of hydrogen-bond donors (Lipinski definition) is 1. The lowest BCUT2D eigenvalue weighted by Crippen LogP contribution is -2.40. The smallest absolute Gasteiger partial charge is 0.321 e. The van der Waals surface area contributed by atoms with Gasteiger partial charge in [0.2, 0.25) is 0 Å². The number of rotatable bonds is 3. The molecule has 15 heavy (non-hydrogen) atoms. The topological polar surface area (TPSA) is 40.5 Å². The minimum Gasteiger partial charge on any atom is -0.480 e. The van der Waals surface area contributed by atoms with Crippen LogP contribution in [0.5, 0.6) is 0 Å². The van der Waals surface area contributed by atoms with Gasteiger partial charge >= 0.3 is 5.97 Å². The second kappa shape index (κ2) is 4.14. The van der Waals surface area contributed by atoms with Gasteiger partial charge in [0.15, 0.2) is 0 Å². The van der Waals surface area contributed by atoms with E-state index in [1.165, 1.54) is 12.8 Å². The fourth-order valence-electron chi connectivity index (χ4n) is 3.12. The van der Waals surface area contributed by atoms with Gasteiger partial charge in [-0.25, -0.2) is 0 Å². The molecule has 1 heterocycles. The quantitative estimate of drug-likeness (QED) is 0.804. The number of carbonyl (C=O) groups is 1. The minimum absolute atomic E-state index is 0.332. The first-order valence-electron chi connectivity index (χ1n) is 5.39. The van der Waals surface area contributed by atoms with Crippen LogP contribution in [0.15, 0.2) is 11.6 Å². The molecule has 0 aromatic carbocycles. The molecule has 3 nitrogen and oxygen atoms in total. The molecule has 0 aromatic heterocycles. The molecule has 1 saturated carbocycles. The van der Waals surface area contributed by atoms with Gasteiger partial charge in [0.25, 0.3) is 0 Å². The molecule has 0 aromatic rings. The van der Waals surface area contributed by atoms with Gasteiger partial charge in [-0.2, -0.15) is 0 Å². The summed E-state index contributed by atoms with van der Waals surface area (Å²) in [6, 6.07) is -0.340. The summed E-state index contributed by atoms with van der Waals surface area (Å²) >= 11 is 5.76. The maximum absolute atomic E-state index is 11.2. The zero-order valence-electron chi connectivity index (χ0n) is 8.66. The first kappa shape index (κ1) is 11.0. The molecule has 4 heteroatoms. The van der Waals surface area contributed by atoms with Crippen LogP contribution in [0.25, 0.3) is 0 Å². The Kier molecular flexibility index (Phi) is 3.03. The fraction of sp³-hybridized carbons (Fsp3) is 0.727. The Bertz CT molecular complexity index is 292. The van der Waals surface area contributed by atoms with Crippen molar-refractivity contribution in [1.29, 1.82) is 0 Å². The maximum Gasteiger partial charge on any atom is 0.321 e. The molecule has 2 rings (SSSR count). The molecule has 2 aliphatic rings. The van der Waals surface area contributed by atoms with Gasteiger partial charge in [0.05, 0.1) is 0 Å². The Morgan fingerprint density at radius 1 is 1.53 bits per heavy atom. The molecule has 1 N–H and O–H groups in total. The Morgan fingerprint density at radius 2 is 2.27 bits per heavy atom. The van der Waals surface area contributed by atoms with E-state index in [1.807, 2.05) is 4.90 Å². The molecule has 1 aliphatic heterocycles. The number of carboxylic acids is 1. The van der Waals surface area contributed by atoms with Crippen LogP contribution in [-0.2, 0) is 4.79 Å². The zero-order valence-corrected chi connectivity index (χ0v) is 9.41. The molecular weight excluding hydrogens is 214 g/mol. The lowest BCUT2D eigenvalue weighted by molar-refractivity contribution is -0.143. The highest BCUT2D eigenvalue weighted by molar-refractivity contribution is 6.29. The molecular formula is C11H16ClNO2. The van der Waals surface area contributed by atoms with Gasteiger partial charge in [-0.3, -0.25) is 9.69 Å². The molecule has 0 bridgehead atoms. The van der Waals surface area contributed by atoms with Gasteiger partial charge < -0.3 is 5.11 Å². The molecule has 0 amide bonds. The van der Waals surface area contributed by atoms with Gasteiger partial charge in [0.1, 0.15) is 6.04 Å². The number of carboxylic acid groups (broad SMARTS) is 1. The summed E-state index contributed by atoms with van der Waals surface area (Å²) in [6.07, 6.45) is 3.39. The second-order valence-electron chi connectivity index (χ2n) is 4.58. The van der Waals surface area contributed by atoms with Crippen LogP contribution >= 0.6 is 11.6 Å². The summed E-state index contributed by atoms with van der Waals surface area (Å²) in [4.78, 5) is 13.2. The van der Waals surface area contributed by atoms with Gasteiger partial charge in [-0.1, -0.05) is 24.6 Å². The van der Waals surface area contributed by atoms with Crippen LogP contribution in [-0.4, -0.2) is 35.1 Å². The van der Waals surface area contributed by atoms with E-state index in [0.717, 1.165) is 13.0 Å². The van der Waals surface area contributed by atoms with Gasteiger partial charge in [-0.15, -0.1) is 0 Å². The number of likely N-dealkylation sites (tertiary alicyclic amines) is 1. The molecule has 0 spiro atoms. The van der Waals surface area contributed by atoms with Crippen molar-refractivity contribution in [1.82, 2.24) is 4.90 Å². The number of aliphatic carboxylic acids is 1. The third-order valence-corrected chi connectivity index (χ3v) is 3.73. The van der Waals surface area contributed by atoms with Gasteiger partial charge in [0, 0.05) is 18.1 Å². The highest BCUT2D eigenvalue weighted by Crippen LogP contribution is 2.42. The van der Waals surface area contributed by atoms with E-state index in [-0.39, 0.29) is 6.04 Å². The van der Waals surface area contributed by atoms with Crippen LogP contribution in [0, 0.1) is 11.8 Å². The summed E-state index contributed by atoms with van der Waals surface area (Å²) in [5.41, 5.74) is 0. The Morgan fingerprint density at radius 3 is 2.87 bits per heavy atom. The first-order chi connectivity index (χ1) is 7.09. The third-order valence-electron chi connectivity index (χ3n) is 3.61. The van der Waals surface area contributed by atoms with E-state index in [4.69, 9.17) is 11.6 Å². The van der Waals surface area contributed by atoms with Crippen molar-refractivity contribution in [3.63, 3.8) is 0 Å². The molecule has 84 valence electrons. The number of hydrogen-bond acceptors (Lipinski definition) is 2. The summed E-state index contributed by atoms with van der Waals surface area (Å²) in [6.45, 7) is 5.01. The maximum atomic E-state index is 11.2. The SMILES string of the molecule is C=C(Cl)CN1CC2CCCC2C1C(=O)O. The number of nitrogens with zero attached hydrogens (tertiary/aromatic N) is 1. The van der Waals surface area contributed by atoms with Gasteiger partial charge in [-0.05, 0) is 24.7 Å². The van der Waals surface area contributed by atoms with Crippen LogP contribution < -0.4 is 0 Å². The normalized spacial score (nSPS) is 35.4. The van der Waals surface area contributed by atoms with Crippen LogP contribution in [0.4, 0.5) is 0 Å². The molecule has 0 radical (unpaired) electrons. The Balaban J connectivity index is 2.11. The number of halogens is 1. The van der Waals surface area contributed by atoms with E-state index in [0.29, 0.717) is 23.4 Å². The molecule has 2 fully saturated rings. The molecule has 3 atom stereocenters. The van der Waals surface area contributed by atoms with E-state index < -0.39 is 5.97 Å². The van der Waals surface area contributed by atoms with Crippen LogP contribution in [0.2, 0.25) is 0 Å². The highest BCUT2D eigenvalue weighted by Gasteiger charge is 2.47. The second-order valence-corrected chi connectivity index (χ2v) is 5.12. The van der Waals surface area contributed by atoms with Crippen molar-refractivity contribution in [3.8, 4) is 0 Å². The molecule has 1 saturated heterocycles. The van der Waals surface area contributed by atoms with Crippen molar-refractivity contribution in [3.05, 3.63) is 11.6 Å². The lowest BCUT2D eigenvalue weighted by Gasteiger charge is -2.23. The average Bonchev–Trinajstić information content (AvgIpc) is 2.60. The number of fused-ring (bicyclic) bond motifs is 1. The van der Waals surface area contributed by atoms with Crippen molar-refractivity contribution >= 4 is 17.6 Å². The average molecular weight is 230 g/mol. The zero-order chi connectivity index (χ0) is 11.0. The highest BCUT2D eigenvalue weighted by atomic mass is 35.5. The first-order valence-corrected chi connectivity index (χ1v) is 5.77. The van der Waals surface area contributed by atoms with E-state index in [1.54, 1.807) is 0 Å². The Labute approximate surface area is 94.7 Å². The predicted molar refractivity (Wildman–Crippen MR) is 58.8 cm³/mol. The van der Waals surface area contributed by atoms with Crippen molar-refractivity contribution < 1.29 is 9.90 Å². The molecule has 3 unspecified atom stereocenters. The summed E-state index contributed by atoms with van der Waals surface area (Å²) in [7, 11) is 0. The summed E-state index contributed by atoms with van der Waals surface area (Å²) < 4.78 is 0. The third kappa shape index (κ3) is 2.04. The van der Waals surface area contributed by atoms with Crippen molar-refractivity contribution in [2.75, 3.05) is 13.1 Å². The van der Waals surface area contributed by atoms with Crippen molar-refractivity contribution in [2.45, 2.75) is 25.3 Å². The summed E-state index contributed by atoms with van der Waals surface area (Å²) in [5, 5.41) is 9.76. The van der Waals surface area contributed by atoms with Crippen molar-refractivity contribution in [2.24, 2.45) is 11.8 Å². The standard InChI is InChI=1S/C11H16ClNO2/c1-7(12)5-13-6-8-3-2-4-9(8)10(13)11(14)15/h8-10H,1-6H2,(H,14,15). The van der Waals surface area contributed by atoms with Crippen LogP contribution in [0.1, 0.15) is 19.3 Å².